The van der Waals surface area contributed by atoms with Gasteiger partial charge in [0.15, 0.2) is 0 Å². The van der Waals surface area contributed by atoms with E-state index < -0.39 is 0 Å². The fourth-order valence-corrected chi connectivity index (χ4v) is 2.80. The topological polar surface area (TPSA) is 44.5 Å². The highest BCUT2D eigenvalue weighted by molar-refractivity contribution is 5.40. The Bertz CT molecular complexity index is 397. The fraction of sp³-hybridized carbons (Fsp3) is 0.600. The number of hydrogen-bond acceptors (Lipinski definition) is 3. The van der Waals surface area contributed by atoms with Crippen LogP contribution in [0.4, 0.5) is 0 Å². The first-order valence-electron chi connectivity index (χ1n) is 6.65. The van der Waals surface area contributed by atoms with Crippen molar-refractivity contribution in [1.29, 1.82) is 0 Å². The molecule has 0 amide bonds. The SMILES string of the molecule is COCc1ccc(C2(N)CCCCC2)cc1OC. The van der Waals surface area contributed by atoms with Crippen molar-refractivity contribution in [3.05, 3.63) is 29.3 Å². The van der Waals surface area contributed by atoms with Gasteiger partial charge in [-0.1, -0.05) is 31.4 Å². The Kier molecular flexibility index (Phi) is 4.25. The Morgan fingerprint density at radius 2 is 1.89 bits per heavy atom. The highest BCUT2D eigenvalue weighted by atomic mass is 16.5. The van der Waals surface area contributed by atoms with Crippen molar-refractivity contribution in [1.82, 2.24) is 0 Å². The Morgan fingerprint density at radius 3 is 2.50 bits per heavy atom. The zero-order valence-corrected chi connectivity index (χ0v) is 11.4. The molecule has 0 spiro atoms. The van der Waals surface area contributed by atoms with E-state index in [4.69, 9.17) is 15.2 Å². The number of rotatable bonds is 4. The lowest BCUT2D eigenvalue weighted by atomic mass is 9.77. The van der Waals surface area contributed by atoms with Crippen molar-refractivity contribution in [3.8, 4) is 5.75 Å². The van der Waals surface area contributed by atoms with E-state index >= 15 is 0 Å². The van der Waals surface area contributed by atoms with Crippen LogP contribution in [0.2, 0.25) is 0 Å². The minimum absolute atomic E-state index is 0.170. The molecule has 2 N–H and O–H groups in total. The summed E-state index contributed by atoms with van der Waals surface area (Å²) in [5.41, 5.74) is 8.64. The van der Waals surface area contributed by atoms with Crippen molar-refractivity contribution in [2.75, 3.05) is 14.2 Å². The Labute approximate surface area is 109 Å². The molecule has 18 heavy (non-hydrogen) atoms. The molecule has 1 fully saturated rings. The molecule has 1 aliphatic carbocycles. The molecule has 0 saturated heterocycles. The van der Waals surface area contributed by atoms with Crippen LogP contribution in [0.25, 0.3) is 0 Å². The summed E-state index contributed by atoms with van der Waals surface area (Å²) >= 11 is 0. The van der Waals surface area contributed by atoms with Gasteiger partial charge in [0.25, 0.3) is 0 Å². The normalized spacial score (nSPS) is 18.6. The molecule has 3 heteroatoms. The van der Waals surface area contributed by atoms with Gasteiger partial charge in [-0.25, -0.2) is 0 Å². The van der Waals surface area contributed by atoms with Gasteiger partial charge >= 0.3 is 0 Å². The number of methoxy groups -OCH3 is 2. The van der Waals surface area contributed by atoms with Gasteiger partial charge in [0, 0.05) is 18.2 Å². The molecule has 0 aliphatic heterocycles. The number of benzene rings is 1. The minimum Gasteiger partial charge on any atom is -0.496 e. The van der Waals surface area contributed by atoms with Gasteiger partial charge in [0.05, 0.1) is 13.7 Å². The average molecular weight is 249 g/mol. The van der Waals surface area contributed by atoms with Crippen molar-refractivity contribution in [3.63, 3.8) is 0 Å². The molecule has 100 valence electrons. The summed E-state index contributed by atoms with van der Waals surface area (Å²) in [4.78, 5) is 0. The van der Waals surface area contributed by atoms with E-state index in [1.165, 1.54) is 24.8 Å². The van der Waals surface area contributed by atoms with Crippen molar-refractivity contribution in [2.24, 2.45) is 5.73 Å². The smallest absolute Gasteiger partial charge is 0.124 e. The van der Waals surface area contributed by atoms with Gasteiger partial charge < -0.3 is 15.2 Å². The summed E-state index contributed by atoms with van der Waals surface area (Å²) in [7, 11) is 3.39. The molecule has 0 unspecified atom stereocenters. The molecule has 3 nitrogen and oxygen atoms in total. The first-order valence-corrected chi connectivity index (χ1v) is 6.65. The minimum atomic E-state index is -0.170. The maximum atomic E-state index is 6.54. The molecule has 1 aromatic rings. The van der Waals surface area contributed by atoms with E-state index in [2.05, 4.69) is 18.2 Å². The van der Waals surface area contributed by atoms with Crippen LogP contribution in [0, 0.1) is 0 Å². The van der Waals surface area contributed by atoms with Crippen LogP contribution < -0.4 is 10.5 Å². The van der Waals surface area contributed by atoms with Crippen LogP contribution in [-0.2, 0) is 16.9 Å². The number of hydrogen-bond donors (Lipinski definition) is 1. The van der Waals surface area contributed by atoms with Gasteiger partial charge in [-0.15, -0.1) is 0 Å². The third-order valence-electron chi connectivity index (χ3n) is 3.91. The molecule has 1 aromatic carbocycles. The molecular formula is C15H23NO2. The van der Waals surface area contributed by atoms with E-state index in [1.807, 2.05) is 0 Å². The van der Waals surface area contributed by atoms with Gasteiger partial charge in [-0.3, -0.25) is 0 Å². The van der Waals surface area contributed by atoms with E-state index in [-0.39, 0.29) is 5.54 Å². The average Bonchev–Trinajstić information content (AvgIpc) is 2.40. The molecule has 0 bridgehead atoms. The number of nitrogens with two attached hydrogens (primary N) is 1. The van der Waals surface area contributed by atoms with Crippen molar-refractivity contribution in [2.45, 2.75) is 44.2 Å². The van der Waals surface area contributed by atoms with Crippen LogP contribution in [0.15, 0.2) is 18.2 Å². The van der Waals surface area contributed by atoms with Crippen LogP contribution in [0.5, 0.6) is 5.75 Å². The zero-order chi connectivity index (χ0) is 13.0. The quantitative estimate of drug-likeness (QED) is 0.892. The van der Waals surface area contributed by atoms with E-state index in [1.54, 1.807) is 14.2 Å². The summed E-state index contributed by atoms with van der Waals surface area (Å²) in [5, 5.41) is 0. The summed E-state index contributed by atoms with van der Waals surface area (Å²) < 4.78 is 10.6. The third-order valence-corrected chi connectivity index (χ3v) is 3.91. The fourth-order valence-electron chi connectivity index (χ4n) is 2.80. The van der Waals surface area contributed by atoms with E-state index in [0.29, 0.717) is 6.61 Å². The highest BCUT2D eigenvalue weighted by Gasteiger charge is 2.29. The lowest BCUT2D eigenvalue weighted by Gasteiger charge is -2.34. The lowest BCUT2D eigenvalue weighted by Crippen LogP contribution is -2.38. The second kappa shape index (κ2) is 5.72. The van der Waals surface area contributed by atoms with Gasteiger partial charge in [-0.05, 0) is 24.5 Å². The maximum Gasteiger partial charge on any atom is 0.124 e. The Hall–Kier alpha value is -1.06. The monoisotopic (exact) mass is 249 g/mol. The second-order valence-electron chi connectivity index (χ2n) is 5.18. The van der Waals surface area contributed by atoms with Crippen molar-refractivity contribution >= 4 is 0 Å². The summed E-state index contributed by atoms with van der Waals surface area (Å²) in [6.45, 7) is 0.570. The first-order chi connectivity index (χ1) is 8.69. The van der Waals surface area contributed by atoms with Crippen LogP contribution in [-0.4, -0.2) is 14.2 Å². The maximum absolute atomic E-state index is 6.54. The molecule has 2 rings (SSSR count). The second-order valence-corrected chi connectivity index (χ2v) is 5.18. The summed E-state index contributed by atoms with van der Waals surface area (Å²) in [5.74, 6) is 0.879. The largest absolute Gasteiger partial charge is 0.496 e. The Balaban J connectivity index is 2.28. The van der Waals surface area contributed by atoms with Gasteiger partial charge in [0.2, 0.25) is 0 Å². The molecule has 1 aliphatic rings. The third kappa shape index (κ3) is 2.68. The van der Waals surface area contributed by atoms with E-state index in [9.17, 15) is 0 Å². The van der Waals surface area contributed by atoms with Crippen LogP contribution in [0.3, 0.4) is 0 Å². The zero-order valence-electron chi connectivity index (χ0n) is 11.4. The predicted molar refractivity (Wildman–Crippen MR) is 72.7 cm³/mol. The van der Waals surface area contributed by atoms with Crippen LogP contribution >= 0.6 is 0 Å². The van der Waals surface area contributed by atoms with Gasteiger partial charge in [-0.2, -0.15) is 0 Å². The Morgan fingerprint density at radius 1 is 1.17 bits per heavy atom. The van der Waals surface area contributed by atoms with Gasteiger partial charge in [0.1, 0.15) is 5.75 Å². The van der Waals surface area contributed by atoms with E-state index in [0.717, 1.165) is 24.2 Å². The first kappa shape index (κ1) is 13.4. The number of ether oxygens (including phenoxy) is 2. The molecule has 0 heterocycles. The standard InChI is InChI=1S/C15H23NO2/c1-17-11-12-6-7-13(10-14(12)18-2)15(16)8-4-3-5-9-15/h6-7,10H,3-5,8-9,11,16H2,1-2H3. The lowest BCUT2D eigenvalue weighted by molar-refractivity contribution is 0.181. The summed E-state index contributed by atoms with van der Waals surface area (Å²) in [6.07, 6.45) is 5.88. The van der Waals surface area contributed by atoms with Crippen LogP contribution in [0.1, 0.15) is 43.2 Å². The molecule has 0 aromatic heterocycles. The molecular weight excluding hydrogens is 226 g/mol. The summed E-state index contributed by atoms with van der Waals surface area (Å²) in [6, 6.07) is 6.28. The highest BCUT2D eigenvalue weighted by Crippen LogP contribution is 2.36. The predicted octanol–water partition coefficient (Wildman–Crippen LogP) is 2.96. The van der Waals surface area contributed by atoms with Crippen molar-refractivity contribution < 1.29 is 9.47 Å². The molecule has 0 atom stereocenters. The molecule has 1 saturated carbocycles. The molecule has 0 radical (unpaired) electrons.